The standard InChI is InChI=1S/C16H12ClF3N4O3S/c1-8-2-3-13(12(17)4-8)28(26,27)24-11-6-9(14-21-15(25)23-22-14)5-10(7-11)16(18,19)20/h2-7,24H,1H3,(H2,21,22,23,25). The van der Waals surface area contributed by atoms with Gasteiger partial charge in [0, 0.05) is 5.56 Å². The fourth-order valence-corrected chi connectivity index (χ4v) is 4.07. The summed E-state index contributed by atoms with van der Waals surface area (Å²) in [6.45, 7) is 1.71. The highest BCUT2D eigenvalue weighted by Crippen LogP contribution is 2.35. The number of alkyl halides is 3. The highest BCUT2D eigenvalue weighted by Gasteiger charge is 2.32. The molecule has 12 heteroatoms. The van der Waals surface area contributed by atoms with E-state index in [1.54, 1.807) is 6.92 Å². The summed E-state index contributed by atoms with van der Waals surface area (Å²) in [5.41, 5.74) is -1.64. The lowest BCUT2D eigenvalue weighted by molar-refractivity contribution is -0.137. The first-order valence-electron chi connectivity index (χ1n) is 7.62. The van der Waals surface area contributed by atoms with E-state index in [9.17, 15) is 26.4 Å². The zero-order chi connectivity index (χ0) is 20.7. The molecule has 0 saturated heterocycles. The van der Waals surface area contributed by atoms with Crippen molar-refractivity contribution in [3.05, 3.63) is 63.0 Å². The van der Waals surface area contributed by atoms with Gasteiger partial charge in [0.15, 0.2) is 5.82 Å². The molecule has 0 unspecified atom stereocenters. The van der Waals surface area contributed by atoms with Crippen LogP contribution in [0.15, 0.2) is 46.1 Å². The molecule has 0 radical (unpaired) electrons. The maximum atomic E-state index is 13.2. The van der Waals surface area contributed by atoms with Gasteiger partial charge in [0.2, 0.25) is 0 Å². The third-order valence-electron chi connectivity index (χ3n) is 3.66. The van der Waals surface area contributed by atoms with Crippen LogP contribution in [0.25, 0.3) is 11.4 Å². The largest absolute Gasteiger partial charge is 0.416 e. The van der Waals surface area contributed by atoms with E-state index in [0.717, 1.165) is 12.1 Å². The van der Waals surface area contributed by atoms with Crippen molar-refractivity contribution in [3.8, 4) is 11.4 Å². The van der Waals surface area contributed by atoms with Crippen molar-refractivity contribution in [2.24, 2.45) is 0 Å². The molecule has 3 rings (SSSR count). The quantitative estimate of drug-likeness (QED) is 0.586. The molecular formula is C16H12ClF3N4O3S. The van der Waals surface area contributed by atoms with Gasteiger partial charge in [0.25, 0.3) is 10.0 Å². The monoisotopic (exact) mass is 432 g/mol. The first-order valence-corrected chi connectivity index (χ1v) is 9.48. The van der Waals surface area contributed by atoms with Gasteiger partial charge in [-0.25, -0.2) is 18.3 Å². The molecule has 3 aromatic rings. The molecule has 3 N–H and O–H groups in total. The molecule has 0 bridgehead atoms. The number of aromatic nitrogens is 3. The number of nitrogens with zero attached hydrogens (tertiary/aromatic N) is 1. The summed E-state index contributed by atoms with van der Waals surface area (Å²) < 4.78 is 67.0. The van der Waals surface area contributed by atoms with E-state index in [2.05, 4.69) is 14.8 Å². The zero-order valence-electron chi connectivity index (χ0n) is 14.1. The molecule has 7 nitrogen and oxygen atoms in total. The number of rotatable bonds is 4. The number of hydrogen-bond acceptors (Lipinski definition) is 4. The third kappa shape index (κ3) is 4.20. The highest BCUT2D eigenvalue weighted by atomic mass is 35.5. The fraction of sp³-hybridized carbons (Fsp3) is 0.125. The van der Waals surface area contributed by atoms with Crippen LogP contribution in [0.3, 0.4) is 0 Å². The van der Waals surface area contributed by atoms with E-state index in [1.807, 2.05) is 5.10 Å². The average molecular weight is 433 g/mol. The number of aryl methyl sites for hydroxylation is 1. The second-order valence-electron chi connectivity index (χ2n) is 5.86. The van der Waals surface area contributed by atoms with Gasteiger partial charge < -0.3 is 0 Å². The normalized spacial score (nSPS) is 12.2. The number of H-pyrrole nitrogens is 2. The Hall–Kier alpha value is -2.79. The number of hydrogen-bond donors (Lipinski definition) is 3. The van der Waals surface area contributed by atoms with E-state index in [0.29, 0.717) is 11.6 Å². The summed E-state index contributed by atoms with van der Waals surface area (Å²) in [4.78, 5) is 13.1. The van der Waals surface area contributed by atoms with Crippen LogP contribution < -0.4 is 10.4 Å². The SMILES string of the molecule is Cc1ccc(S(=O)(=O)Nc2cc(-c3n[nH]c(=O)[nH]3)cc(C(F)(F)F)c2)c(Cl)c1. The molecule has 0 amide bonds. The molecule has 2 aromatic carbocycles. The van der Waals surface area contributed by atoms with Gasteiger partial charge in [0.1, 0.15) is 4.90 Å². The lowest BCUT2D eigenvalue weighted by Gasteiger charge is -2.14. The summed E-state index contributed by atoms with van der Waals surface area (Å²) in [7, 11) is -4.27. The zero-order valence-corrected chi connectivity index (χ0v) is 15.6. The molecule has 0 saturated carbocycles. The first kappa shape index (κ1) is 20.0. The molecule has 0 aliphatic rings. The summed E-state index contributed by atoms with van der Waals surface area (Å²) in [5.74, 6) is -0.176. The number of benzene rings is 2. The average Bonchev–Trinajstić information content (AvgIpc) is 2.99. The minimum atomic E-state index is -4.76. The van der Waals surface area contributed by atoms with Crippen molar-refractivity contribution >= 4 is 27.3 Å². The maximum absolute atomic E-state index is 13.2. The van der Waals surface area contributed by atoms with Crippen molar-refractivity contribution in [2.45, 2.75) is 18.0 Å². The predicted molar refractivity (Wildman–Crippen MR) is 96.6 cm³/mol. The van der Waals surface area contributed by atoms with Gasteiger partial charge in [-0.15, -0.1) is 0 Å². The Morgan fingerprint density at radius 2 is 1.86 bits per heavy atom. The summed E-state index contributed by atoms with van der Waals surface area (Å²) in [6.07, 6.45) is -4.76. The molecule has 1 aromatic heterocycles. The van der Waals surface area contributed by atoms with Crippen molar-refractivity contribution in [1.29, 1.82) is 0 Å². The van der Waals surface area contributed by atoms with Gasteiger partial charge in [-0.1, -0.05) is 17.7 Å². The van der Waals surface area contributed by atoms with Crippen LogP contribution in [-0.4, -0.2) is 23.6 Å². The third-order valence-corrected chi connectivity index (χ3v) is 5.53. The number of aromatic amines is 2. The van der Waals surface area contributed by atoms with Crippen LogP contribution in [0.1, 0.15) is 11.1 Å². The summed E-state index contributed by atoms with van der Waals surface area (Å²) in [5, 5.41) is 5.53. The minimum Gasteiger partial charge on any atom is -0.289 e. The van der Waals surface area contributed by atoms with Crippen LogP contribution in [0, 0.1) is 6.92 Å². The van der Waals surface area contributed by atoms with E-state index in [4.69, 9.17) is 11.6 Å². The molecule has 0 aliphatic carbocycles. The fourth-order valence-electron chi connectivity index (χ4n) is 2.43. The van der Waals surface area contributed by atoms with Crippen LogP contribution in [0.4, 0.5) is 18.9 Å². The van der Waals surface area contributed by atoms with E-state index < -0.39 is 27.5 Å². The smallest absolute Gasteiger partial charge is 0.289 e. The van der Waals surface area contributed by atoms with Crippen molar-refractivity contribution < 1.29 is 21.6 Å². The number of sulfonamides is 1. The summed E-state index contributed by atoms with van der Waals surface area (Å²) in [6, 6.07) is 6.66. The minimum absolute atomic E-state index is 0.0728. The predicted octanol–water partition coefficient (Wildman–Crippen LogP) is 3.55. The lowest BCUT2D eigenvalue weighted by Crippen LogP contribution is -2.15. The number of halogens is 4. The van der Waals surface area contributed by atoms with Gasteiger partial charge in [-0.3, -0.25) is 9.71 Å². The van der Waals surface area contributed by atoms with Crippen LogP contribution >= 0.6 is 11.6 Å². The molecule has 0 fully saturated rings. The Morgan fingerprint density at radius 3 is 2.43 bits per heavy atom. The molecule has 28 heavy (non-hydrogen) atoms. The van der Waals surface area contributed by atoms with Crippen LogP contribution in [0.5, 0.6) is 0 Å². The number of nitrogens with one attached hydrogen (secondary N) is 3. The Morgan fingerprint density at radius 1 is 1.14 bits per heavy atom. The van der Waals surface area contributed by atoms with Gasteiger partial charge in [-0.2, -0.15) is 18.3 Å². The number of anilines is 1. The molecule has 148 valence electrons. The first-order chi connectivity index (χ1) is 13.0. The molecule has 1 heterocycles. The Balaban J connectivity index is 2.09. The topological polar surface area (TPSA) is 108 Å². The second kappa shape index (κ2) is 6.99. The van der Waals surface area contributed by atoms with Crippen LogP contribution in [0.2, 0.25) is 5.02 Å². The van der Waals surface area contributed by atoms with Gasteiger partial charge in [0.05, 0.1) is 16.3 Å². The molecular weight excluding hydrogens is 421 g/mol. The van der Waals surface area contributed by atoms with Crippen molar-refractivity contribution in [1.82, 2.24) is 15.2 Å². The van der Waals surface area contributed by atoms with Gasteiger partial charge >= 0.3 is 11.9 Å². The van der Waals surface area contributed by atoms with E-state index in [1.165, 1.54) is 18.2 Å². The van der Waals surface area contributed by atoms with Gasteiger partial charge in [-0.05, 0) is 42.8 Å². The van der Waals surface area contributed by atoms with E-state index >= 15 is 0 Å². The Kier molecular flexibility index (Phi) is 4.98. The van der Waals surface area contributed by atoms with Crippen molar-refractivity contribution in [3.63, 3.8) is 0 Å². The molecule has 0 aliphatic heterocycles. The molecule has 0 atom stereocenters. The molecule has 0 spiro atoms. The Labute approximate surface area is 161 Å². The maximum Gasteiger partial charge on any atom is 0.416 e. The highest BCUT2D eigenvalue weighted by molar-refractivity contribution is 7.92. The summed E-state index contributed by atoms with van der Waals surface area (Å²) >= 11 is 5.96. The lowest BCUT2D eigenvalue weighted by atomic mass is 10.1. The van der Waals surface area contributed by atoms with E-state index in [-0.39, 0.29) is 27.0 Å². The second-order valence-corrected chi connectivity index (χ2v) is 7.92. The van der Waals surface area contributed by atoms with Crippen molar-refractivity contribution in [2.75, 3.05) is 4.72 Å². The Bertz CT molecular complexity index is 1200. The van der Waals surface area contributed by atoms with Crippen LogP contribution in [-0.2, 0) is 16.2 Å².